The summed E-state index contributed by atoms with van der Waals surface area (Å²) in [7, 11) is 0. The first-order valence-electron chi connectivity index (χ1n) is 4.23. The topological polar surface area (TPSA) is 20.3 Å². The number of hydrogen-bond donors (Lipinski definition) is 0. The van der Waals surface area contributed by atoms with E-state index in [4.69, 9.17) is 0 Å². The van der Waals surface area contributed by atoms with E-state index in [2.05, 4.69) is 15.9 Å². The van der Waals surface area contributed by atoms with Gasteiger partial charge in [-0.2, -0.15) is 0 Å². The quantitative estimate of drug-likeness (QED) is 0.611. The van der Waals surface area contributed by atoms with Crippen LogP contribution in [0.1, 0.15) is 25.7 Å². The molecule has 1 atom stereocenters. The normalized spacial score (nSPS) is 32.6. The van der Waals surface area contributed by atoms with E-state index in [9.17, 15) is 4.79 Å². The Labute approximate surface area is 75.1 Å². The number of nitrogens with zero attached hydrogens (tertiary/aromatic N) is 1. The van der Waals surface area contributed by atoms with Crippen molar-refractivity contribution in [2.45, 2.75) is 36.6 Å². The summed E-state index contributed by atoms with van der Waals surface area (Å²) in [4.78, 5) is 13.6. The van der Waals surface area contributed by atoms with Crippen molar-refractivity contribution in [3.8, 4) is 0 Å². The van der Waals surface area contributed by atoms with Crippen molar-refractivity contribution in [3.63, 3.8) is 0 Å². The van der Waals surface area contributed by atoms with Crippen LogP contribution in [-0.2, 0) is 4.79 Å². The first kappa shape index (κ1) is 7.59. The summed E-state index contributed by atoms with van der Waals surface area (Å²) in [6.07, 6.45) is 4.64. The lowest BCUT2D eigenvalue weighted by Crippen LogP contribution is -2.42. The number of rotatable bonds is 1. The van der Waals surface area contributed by atoms with Crippen molar-refractivity contribution < 1.29 is 4.79 Å². The zero-order valence-electron chi connectivity index (χ0n) is 6.42. The number of likely N-dealkylation sites (tertiary alicyclic amines) is 1. The zero-order chi connectivity index (χ0) is 7.84. The number of carbonyl (C=O) groups is 1. The van der Waals surface area contributed by atoms with Crippen molar-refractivity contribution in [2.24, 2.45) is 0 Å². The van der Waals surface area contributed by atoms with Crippen molar-refractivity contribution >= 4 is 21.8 Å². The second kappa shape index (κ2) is 2.77. The van der Waals surface area contributed by atoms with Gasteiger partial charge in [0.15, 0.2) is 0 Å². The summed E-state index contributed by atoms with van der Waals surface area (Å²) >= 11 is 3.40. The van der Waals surface area contributed by atoms with E-state index in [-0.39, 0.29) is 4.83 Å². The molecule has 1 aliphatic carbocycles. The van der Waals surface area contributed by atoms with E-state index in [1.54, 1.807) is 0 Å². The molecule has 0 spiro atoms. The Balaban J connectivity index is 2.01. The highest BCUT2D eigenvalue weighted by atomic mass is 79.9. The molecular formula is C8H12BrNO. The largest absolute Gasteiger partial charge is 0.339 e. The Kier molecular flexibility index (Phi) is 1.91. The van der Waals surface area contributed by atoms with Crippen molar-refractivity contribution in [1.29, 1.82) is 0 Å². The van der Waals surface area contributed by atoms with Crippen LogP contribution in [0, 0.1) is 0 Å². The predicted octanol–water partition coefficient (Wildman–Crippen LogP) is 1.53. The zero-order valence-corrected chi connectivity index (χ0v) is 8.01. The predicted molar refractivity (Wildman–Crippen MR) is 46.7 cm³/mol. The maximum Gasteiger partial charge on any atom is 0.236 e. The van der Waals surface area contributed by atoms with Crippen LogP contribution in [0.5, 0.6) is 0 Å². The average molecular weight is 218 g/mol. The number of carbonyl (C=O) groups excluding carboxylic acids is 1. The second-order valence-corrected chi connectivity index (χ2v) is 4.48. The van der Waals surface area contributed by atoms with E-state index in [0.717, 1.165) is 19.4 Å². The Morgan fingerprint density at radius 1 is 1.36 bits per heavy atom. The second-order valence-electron chi connectivity index (χ2n) is 3.37. The molecule has 1 saturated heterocycles. The van der Waals surface area contributed by atoms with E-state index >= 15 is 0 Å². The standard InChI is InChI=1S/C8H12BrNO/c9-7-2-1-5-10(8(7)11)6-3-4-6/h6-7H,1-5H2/t7-/m0/s1. The minimum atomic E-state index is 0.108. The minimum absolute atomic E-state index is 0.108. The van der Waals surface area contributed by atoms with E-state index in [1.807, 2.05) is 4.90 Å². The fourth-order valence-corrected chi connectivity index (χ4v) is 2.19. The Morgan fingerprint density at radius 2 is 2.09 bits per heavy atom. The summed E-state index contributed by atoms with van der Waals surface area (Å²) in [5.74, 6) is 0.318. The highest BCUT2D eigenvalue weighted by Crippen LogP contribution is 2.31. The molecule has 0 bridgehead atoms. The van der Waals surface area contributed by atoms with Crippen molar-refractivity contribution in [3.05, 3.63) is 0 Å². The molecule has 0 unspecified atom stereocenters. The first-order chi connectivity index (χ1) is 5.29. The van der Waals surface area contributed by atoms with Gasteiger partial charge < -0.3 is 4.90 Å². The molecule has 2 fully saturated rings. The Hall–Kier alpha value is -0.0500. The minimum Gasteiger partial charge on any atom is -0.339 e. The first-order valence-corrected chi connectivity index (χ1v) is 5.15. The maximum absolute atomic E-state index is 11.5. The van der Waals surface area contributed by atoms with Crippen LogP contribution in [0.2, 0.25) is 0 Å². The molecule has 2 rings (SSSR count). The fourth-order valence-electron chi connectivity index (χ4n) is 1.60. The third kappa shape index (κ3) is 1.43. The number of hydrogen-bond acceptors (Lipinski definition) is 1. The third-order valence-electron chi connectivity index (χ3n) is 2.40. The molecule has 0 radical (unpaired) electrons. The molecule has 0 aromatic carbocycles. The highest BCUT2D eigenvalue weighted by molar-refractivity contribution is 9.10. The SMILES string of the molecule is O=C1[C@@H](Br)CCCN1C1CC1. The molecule has 0 N–H and O–H groups in total. The molecule has 2 nitrogen and oxygen atoms in total. The van der Waals surface area contributed by atoms with Crippen LogP contribution in [-0.4, -0.2) is 28.2 Å². The fraction of sp³-hybridized carbons (Fsp3) is 0.875. The van der Waals surface area contributed by atoms with Gasteiger partial charge in [-0.25, -0.2) is 0 Å². The maximum atomic E-state index is 11.5. The van der Waals surface area contributed by atoms with Gasteiger partial charge >= 0.3 is 0 Å². The van der Waals surface area contributed by atoms with Crippen LogP contribution in [0.25, 0.3) is 0 Å². The average Bonchev–Trinajstić information content (AvgIpc) is 2.77. The van der Waals surface area contributed by atoms with Gasteiger partial charge in [0.1, 0.15) is 0 Å². The van der Waals surface area contributed by atoms with Crippen LogP contribution in [0.4, 0.5) is 0 Å². The van der Waals surface area contributed by atoms with E-state index in [0.29, 0.717) is 11.9 Å². The molecule has 1 heterocycles. The summed E-state index contributed by atoms with van der Waals surface area (Å²) < 4.78 is 0. The summed E-state index contributed by atoms with van der Waals surface area (Å²) in [5.41, 5.74) is 0. The Bertz CT molecular complexity index is 179. The molecule has 62 valence electrons. The molecule has 1 aliphatic heterocycles. The summed E-state index contributed by atoms with van der Waals surface area (Å²) in [6, 6.07) is 0.600. The van der Waals surface area contributed by atoms with Gasteiger partial charge in [-0.05, 0) is 25.7 Å². The van der Waals surface area contributed by atoms with Gasteiger partial charge in [0.2, 0.25) is 5.91 Å². The van der Waals surface area contributed by atoms with Gasteiger partial charge in [-0.15, -0.1) is 0 Å². The van der Waals surface area contributed by atoms with Gasteiger partial charge in [-0.3, -0.25) is 4.79 Å². The number of amides is 1. The van der Waals surface area contributed by atoms with Crippen LogP contribution < -0.4 is 0 Å². The smallest absolute Gasteiger partial charge is 0.236 e. The number of halogens is 1. The number of piperidine rings is 1. The molecule has 1 saturated carbocycles. The monoisotopic (exact) mass is 217 g/mol. The Morgan fingerprint density at radius 3 is 2.73 bits per heavy atom. The van der Waals surface area contributed by atoms with Crippen LogP contribution in [0.3, 0.4) is 0 Å². The molecular weight excluding hydrogens is 206 g/mol. The van der Waals surface area contributed by atoms with Crippen molar-refractivity contribution in [2.75, 3.05) is 6.54 Å². The third-order valence-corrected chi connectivity index (χ3v) is 3.24. The lowest BCUT2D eigenvalue weighted by atomic mass is 10.1. The molecule has 11 heavy (non-hydrogen) atoms. The highest BCUT2D eigenvalue weighted by Gasteiger charge is 2.36. The molecule has 2 aliphatic rings. The lowest BCUT2D eigenvalue weighted by molar-refractivity contribution is -0.132. The molecule has 3 heteroatoms. The van der Waals surface area contributed by atoms with E-state index in [1.165, 1.54) is 12.8 Å². The number of alkyl halides is 1. The molecule has 1 amide bonds. The van der Waals surface area contributed by atoms with Gasteiger partial charge in [-0.1, -0.05) is 15.9 Å². The van der Waals surface area contributed by atoms with Gasteiger partial charge in [0.05, 0.1) is 4.83 Å². The van der Waals surface area contributed by atoms with Gasteiger partial charge in [0, 0.05) is 12.6 Å². The van der Waals surface area contributed by atoms with E-state index < -0.39 is 0 Å². The molecule has 0 aromatic rings. The lowest BCUT2D eigenvalue weighted by Gasteiger charge is -2.29. The van der Waals surface area contributed by atoms with Crippen LogP contribution in [0.15, 0.2) is 0 Å². The van der Waals surface area contributed by atoms with Crippen molar-refractivity contribution in [1.82, 2.24) is 4.90 Å². The molecule has 0 aromatic heterocycles. The van der Waals surface area contributed by atoms with Crippen LogP contribution >= 0.6 is 15.9 Å². The summed E-state index contributed by atoms with van der Waals surface area (Å²) in [6.45, 7) is 0.992. The summed E-state index contributed by atoms with van der Waals surface area (Å²) in [5, 5.41) is 0. The van der Waals surface area contributed by atoms with Gasteiger partial charge in [0.25, 0.3) is 0 Å².